The quantitative estimate of drug-likeness (QED) is 0.747. The predicted octanol–water partition coefficient (Wildman–Crippen LogP) is 4.35. The Hall–Kier alpha value is -2.64. The molecule has 1 aromatic carbocycles. The minimum Gasteiger partial charge on any atom is -0.381 e. The number of morpholine rings is 1. The molecule has 176 valence electrons. The molecule has 2 aromatic rings. The second-order valence-corrected chi connectivity index (χ2v) is 9.41. The van der Waals surface area contributed by atoms with Gasteiger partial charge in [0.05, 0.1) is 37.2 Å². The van der Waals surface area contributed by atoms with Gasteiger partial charge in [0.1, 0.15) is 5.82 Å². The summed E-state index contributed by atoms with van der Waals surface area (Å²) in [7, 11) is 1.78. The summed E-state index contributed by atoms with van der Waals surface area (Å²) >= 11 is 0. The highest BCUT2D eigenvalue weighted by atomic mass is 16.5. The lowest BCUT2D eigenvalue weighted by Crippen LogP contribution is -2.39. The molecular formula is C26H34N4O3. The molecule has 3 heterocycles. The standard InChI is InChI=1S/C26H34N4O3/c1-18(32-2)19-5-7-20(8-6-19)26(31)30-17-21-4-3-11-27-25(21)28-23-10-9-22(16-24(23)30)29-12-14-33-15-13-29/h3-4,9-11,16,18-20H,5-8,12-15,17H2,1-2H3,(H,27,28)/t18-,19?,20?/m0/s1. The predicted molar refractivity (Wildman–Crippen MR) is 130 cm³/mol. The molecule has 33 heavy (non-hydrogen) atoms. The van der Waals surface area contributed by atoms with Crippen LogP contribution < -0.4 is 15.1 Å². The smallest absolute Gasteiger partial charge is 0.230 e. The van der Waals surface area contributed by atoms with Crippen molar-refractivity contribution in [2.24, 2.45) is 11.8 Å². The summed E-state index contributed by atoms with van der Waals surface area (Å²) in [4.78, 5) is 22.8. The third-order valence-electron chi connectivity index (χ3n) is 7.54. The van der Waals surface area contributed by atoms with Gasteiger partial charge in [-0.1, -0.05) is 6.07 Å². The van der Waals surface area contributed by atoms with Crippen LogP contribution in [0, 0.1) is 11.8 Å². The van der Waals surface area contributed by atoms with Crippen molar-refractivity contribution in [1.29, 1.82) is 0 Å². The molecule has 0 unspecified atom stereocenters. The van der Waals surface area contributed by atoms with Crippen LogP contribution in [0.2, 0.25) is 0 Å². The van der Waals surface area contributed by atoms with Crippen LogP contribution in [0.3, 0.4) is 0 Å². The van der Waals surface area contributed by atoms with Crippen LogP contribution in [-0.4, -0.2) is 50.4 Å². The lowest BCUT2D eigenvalue weighted by Gasteiger charge is -2.34. The number of anilines is 4. The lowest BCUT2D eigenvalue weighted by molar-refractivity contribution is -0.124. The first-order chi connectivity index (χ1) is 16.1. The molecular weight excluding hydrogens is 416 g/mol. The van der Waals surface area contributed by atoms with E-state index < -0.39 is 0 Å². The molecule has 1 aliphatic carbocycles. The van der Waals surface area contributed by atoms with Gasteiger partial charge in [0.2, 0.25) is 5.91 Å². The molecule has 1 amide bonds. The Morgan fingerprint density at radius 3 is 2.73 bits per heavy atom. The van der Waals surface area contributed by atoms with Crippen LogP contribution in [-0.2, 0) is 20.8 Å². The highest BCUT2D eigenvalue weighted by molar-refractivity contribution is 6.00. The van der Waals surface area contributed by atoms with Gasteiger partial charge in [0, 0.05) is 43.6 Å². The van der Waals surface area contributed by atoms with Crippen LogP contribution in [0.15, 0.2) is 36.5 Å². The molecule has 1 N–H and O–H groups in total. The summed E-state index contributed by atoms with van der Waals surface area (Å²) in [5.74, 6) is 1.63. The second kappa shape index (κ2) is 9.69. The third kappa shape index (κ3) is 4.57. The zero-order chi connectivity index (χ0) is 22.8. The van der Waals surface area contributed by atoms with Crippen molar-refractivity contribution < 1.29 is 14.3 Å². The summed E-state index contributed by atoms with van der Waals surface area (Å²) in [5.41, 5.74) is 4.04. The van der Waals surface area contributed by atoms with Gasteiger partial charge in [-0.3, -0.25) is 4.79 Å². The minimum atomic E-state index is 0.0448. The van der Waals surface area contributed by atoms with E-state index in [1.165, 1.54) is 0 Å². The first kappa shape index (κ1) is 22.2. The van der Waals surface area contributed by atoms with Gasteiger partial charge in [0.25, 0.3) is 0 Å². The molecule has 0 spiro atoms. The Kier molecular flexibility index (Phi) is 6.51. The first-order valence-corrected chi connectivity index (χ1v) is 12.2. The number of hydrogen-bond donors (Lipinski definition) is 1. The fourth-order valence-corrected chi connectivity index (χ4v) is 5.37. The van der Waals surface area contributed by atoms with Gasteiger partial charge in [0.15, 0.2) is 0 Å². The number of rotatable bonds is 4. The molecule has 7 nitrogen and oxygen atoms in total. The third-order valence-corrected chi connectivity index (χ3v) is 7.54. The second-order valence-electron chi connectivity index (χ2n) is 9.41. The van der Waals surface area contributed by atoms with E-state index in [0.29, 0.717) is 12.5 Å². The van der Waals surface area contributed by atoms with E-state index in [0.717, 1.165) is 80.4 Å². The highest BCUT2D eigenvalue weighted by Gasteiger charge is 2.34. The zero-order valence-corrected chi connectivity index (χ0v) is 19.6. The van der Waals surface area contributed by atoms with Crippen LogP contribution in [0.4, 0.5) is 22.9 Å². The van der Waals surface area contributed by atoms with Crippen LogP contribution in [0.1, 0.15) is 38.2 Å². The van der Waals surface area contributed by atoms with Crippen molar-refractivity contribution in [3.8, 4) is 0 Å². The summed E-state index contributed by atoms with van der Waals surface area (Å²) in [6.07, 6.45) is 5.95. The Balaban J connectivity index is 1.45. The minimum absolute atomic E-state index is 0.0448. The summed E-state index contributed by atoms with van der Waals surface area (Å²) < 4.78 is 11.1. The van der Waals surface area contributed by atoms with Crippen molar-refractivity contribution in [2.45, 2.75) is 45.3 Å². The van der Waals surface area contributed by atoms with E-state index in [-0.39, 0.29) is 17.9 Å². The number of methoxy groups -OCH3 is 1. The fraction of sp³-hybridized carbons (Fsp3) is 0.538. The van der Waals surface area contributed by atoms with Gasteiger partial charge in [-0.05, 0) is 62.8 Å². The Labute approximate surface area is 196 Å². The molecule has 1 saturated carbocycles. The lowest BCUT2D eigenvalue weighted by atomic mass is 9.79. The number of ether oxygens (including phenoxy) is 2. The Bertz CT molecular complexity index is 983. The summed E-state index contributed by atoms with van der Waals surface area (Å²) in [6.45, 7) is 5.86. The number of hydrogen-bond acceptors (Lipinski definition) is 6. The summed E-state index contributed by atoms with van der Waals surface area (Å²) in [6, 6.07) is 10.4. The average molecular weight is 451 g/mol. The molecule has 1 aromatic heterocycles. The number of nitrogens with one attached hydrogen (secondary N) is 1. The maximum absolute atomic E-state index is 13.9. The largest absolute Gasteiger partial charge is 0.381 e. The van der Waals surface area contributed by atoms with Crippen LogP contribution in [0.5, 0.6) is 0 Å². The molecule has 5 rings (SSSR count). The maximum atomic E-state index is 13.9. The maximum Gasteiger partial charge on any atom is 0.230 e. The van der Waals surface area contributed by atoms with Gasteiger partial charge >= 0.3 is 0 Å². The molecule has 1 atom stereocenters. The number of carbonyl (C=O) groups excluding carboxylic acids is 1. The van der Waals surface area contributed by atoms with Crippen LogP contribution in [0.25, 0.3) is 0 Å². The van der Waals surface area contributed by atoms with Crippen molar-refractivity contribution in [1.82, 2.24) is 4.98 Å². The first-order valence-electron chi connectivity index (χ1n) is 12.2. The number of aromatic nitrogens is 1. The number of amides is 1. The Morgan fingerprint density at radius 1 is 1.18 bits per heavy atom. The van der Waals surface area contributed by atoms with E-state index in [2.05, 4.69) is 46.4 Å². The molecule has 0 bridgehead atoms. The molecule has 2 fully saturated rings. The van der Waals surface area contributed by atoms with Crippen molar-refractivity contribution in [2.75, 3.05) is 48.5 Å². The van der Waals surface area contributed by atoms with Crippen molar-refractivity contribution in [3.63, 3.8) is 0 Å². The van der Waals surface area contributed by atoms with E-state index in [1.54, 1.807) is 13.3 Å². The van der Waals surface area contributed by atoms with Gasteiger partial charge < -0.3 is 24.6 Å². The fourth-order valence-electron chi connectivity index (χ4n) is 5.37. The van der Waals surface area contributed by atoms with E-state index in [9.17, 15) is 4.79 Å². The van der Waals surface area contributed by atoms with Crippen molar-refractivity contribution >= 4 is 28.8 Å². The van der Waals surface area contributed by atoms with Gasteiger partial charge in [-0.25, -0.2) is 4.98 Å². The van der Waals surface area contributed by atoms with E-state index >= 15 is 0 Å². The normalized spacial score (nSPS) is 23.7. The van der Waals surface area contributed by atoms with Crippen LogP contribution >= 0.6 is 0 Å². The van der Waals surface area contributed by atoms with Crippen molar-refractivity contribution in [3.05, 3.63) is 42.1 Å². The molecule has 1 saturated heterocycles. The molecule has 0 radical (unpaired) electrons. The van der Waals surface area contributed by atoms with E-state index in [4.69, 9.17) is 9.47 Å². The van der Waals surface area contributed by atoms with Gasteiger partial charge in [-0.2, -0.15) is 0 Å². The molecule has 2 aliphatic heterocycles. The number of fused-ring (bicyclic) bond motifs is 2. The average Bonchev–Trinajstić information content (AvgIpc) is 3.04. The molecule has 3 aliphatic rings. The highest BCUT2D eigenvalue weighted by Crippen LogP contribution is 2.40. The zero-order valence-electron chi connectivity index (χ0n) is 19.6. The Morgan fingerprint density at radius 2 is 1.97 bits per heavy atom. The number of benzene rings is 1. The van der Waals surface area contributed by atoms with Gasteiger partial charge in [-0.15, -0.1) is 0 Å². The SMILES string of the molecule is CO[C@@H](C)C1CCC(C(=O)N2Cc3cccnc3Nc3ccc(N4CCOCC4)cc32)CC1. The van der Waals surface area contributed by atoms with E-state index in [1.807, 2.05) is 11.0 Å². The topological polar surface area (TPSA) is 66.9 Å². The molecule has 7 heteroatoms. The number of nitrogens with zero attached hydrogens (tertiary/aromatic N) is 3. The summed E-state index contributed by atoms with van der Waals surface area (Å²) in [5, 5.41) is 3.49. The number of carbonyl (C=O) groups is 1. The number of pyridine rings is 1. The monoisotopic (exact) mass is 450 g/mol.